The summed E-state index contributed by atoms with van der Waals surface area (Å²) < 4.78 is 0. The molecule has 0 heterocycles. The first-order valence-electron chi connectivity index (χ1n) is 4.90. The van der Waals surface area contributed by atoms with Gasteiger partial charge in [0.15, 0.2) is 0 Å². The van der Waals surface area contributed by atoms with Crippen molar-refractivity contribution in [3.8, 4) is 0 Å². The van der Waals surface area contributed by atoms with Crippen molar-refractivity contribution in [3.63, 3.8) is 0 Å². The molecule has 2 aromatic carbocycles. The highest BCUT2D eigenvalue weighted by Crippen LogP contribution is 2.28. The van der Waals surface area contributed by atoms with Gasteiger partial charge in [0.2, 0.25) is 0 Å². The third-order valence-electron chi connectivity index (χ3n) is 2.14. The van der Waals surface area contributed by atoms with Gasteiger partial charge in [0, 0.05) is 16.8 Å². The number of para-hydroxylation sites is 1. The molecule has 17 heavy (non-hydrogen) atoms. The van der Waals surface area contributed by atoms with E-state index in [9.17, 15) is 0 Å². The average molecular weight is 285 g/mol. The molecule has 2 rings (SSSR count). The normalized spacial score (nSPS) is 11.0. The number of hydrogen-bond acceptors (Lipinski definition) is 1. The number of benzene rings is 2. The smallest absolute Gasteiger partial charge is 0.0629 e. The second kappa shape index (κ2) is 5.54. The third-order valence-corrected chi connectivity index (χ3v) is 2.99. The molecule has 86 valence electrons. The molecule has 0 spiro atoms. The van der Waals surface area contributed by atoms with E-state index < -0.39 is 0 Å². The number of aliphatic imine (C=N–C) groups is 1. The lowest BCUT2D eigenvalue weighted by Crippen LogP contribution is -1.85. The molecule has 0 amide bonds. The number of nitrogens with zero attached hydrogens (tertiary/aromatic N) is 1. The summed E-state index contributed by atoms with van der Waals surface area (Å²) in [6.07, 6.45) is 1.64. The molecule has 0 aliphatic carbocycles. The van der Waals surface area contributed by atoms with E-state index in [1.54, 1.807) is 18.3 Å². The largest absolute Gasteiger partial charge is 0.256 e. The molecule has 0 saturated heterocycles. The standard InChI is InChI=1S/C13H8Cl3N/c14-9-6-12(15)11(13(16)7-9)8-17-10-4-2-1-3-5-10/h1-8H. The van der Waals surface area contributed by atoms with Crippen LogP contribution in [0.25, 0.3) is 0 Å². The molecular formula is C13H8Cl3N. The number of hydrogen-bond donors (Lipinski definition) is 0. The Balaban J connectivity index is 2.34. The summed E-state index contributed by atoms with van der Waals surface area (Å²) in [5, 5.41) is 1.49. The van der Waals surface area contributed by atoms with Crippen LogP contribution in [0, 0.1) is 0 Å². The lowest BCUT2D eigenvalue weighted by Gasteiger charge is -2.02. The molecule has 0 fully saturated rings. The molecule has 0 atom stereocenters. The first-order valence-corrected chi connectivity index (χ1v) is 6.04. The van der Waals surface area contributed by atoms with Crippen LogP contribution >= 0.6 is 34.8 Å². The van der Waals surface area contributed by atoms with Crippen LogP contribution in [-0.2, 0) is 0 Å². The van der Waals surface area contributed by atoms with Crippen molar-refractivity contribution in [1.29, 1.82) is 0 Å². The summed E-state index contributed by atoms with van der Waals surface area (Å²) >= 11 is 17.9. The zero-order valence-corrected chi connectivity index (χ0v) is 11.0. The Hall–Kier alpha value is -1.02. The molecule has 4 heteroatoms. The van der Waals surface area contributed by atoms with Crippen LogP contribution in [0.15, 0.2) is 47.5 Å². The average Bonchev–Trinajstić information content (AvgIpc) is 2.29. The van der Waals surface area contributed by atoms with Gasteiger partial charge in [-0.1, -0.05) is 53.0 Å². The maximum Gasteiger partial charge on any atom is 0.0629 e. The van der Waals surface area contributed by atoms with E-state index in [4.69, 9.17) is 34.8 Å². The van der Waals surface area contributed by atoms with Crippen molar-refractivity contribution < 1.29 is 0 Å². The summed E-state index contributed by atoms with van der Waals surface area (Å²) in [6.45, 7) is 0. The molecule has 0 aliphatic rings. The van der Waals surface area contributed by atoms with Crippen molar-refractivity contribution in [2.75, 3.05) is 0 Å². The maximum atomic E-state index is 6.04. The van der Waals surface area contributed by atoms with E-state index in [1.807, 2.05) is 30.3 Å². The molecule has 0 N–H and O–H groups in total. The Bertz CT molecular complexity index is 527. The fourth-order valence-electron chi connectivity index (χ4n) is 1.33. The SMILES string of the molecule is Clc1cc(Cl)c(C=Nc2ccccc2)c(Cl)c1. The Morgan fingerprint density at radius 2 is 1.47 bits per heavy atom. The molecule has 0 bridgehead atoms. The van der Waals surface area contributed by atoms with Gasteiger partial charge in [0.1, 0.15) is 0 Å². The van der Waals surface area contributed by atoms with Gasteiger partial charge in [-0.25, -0.2) is 0 Å². The lowest BCUT2D eigenvalue weighted by atomic mass is 10.2. The van der Waals surface area contributed by atoms with Gasteiger partial charge < -0.3 is 0 Å². The minimum absolute atomic E-state index is 0.488. The van der Waals surface area contributed by atoms with E-state index in [-0.39, 0.29) is 0 Å². The molecule has 2 aromatic rings. The van der Waals surface area contributed by atoms with Crippen LogP contribution < -0.4 is 0 Å². The fourth-order valence-corrected chi connectivity index (χ4v) is 2.24. The Labute approximate surface area is 115 Å². The molecule has 0 aliphatic heterocycles. The van der Waals surface area contributed by atoms with Crippen molar-refractivity contribution in [2.24, 2.45) is 4.99 Å². The van der Waals surface area contributed by atoms with Gasteiger partial charge in [-0.05, 0) is 24.3 Å². The van der Waals surface area contributed by atoms with Crippen molar-refractivity contribution in [2.45, 2.75) is 0 Å². The highest BCUT2D eigenvalue weighted by atomic mass is 35.5. The summed E-state index contributed by atoms with van der Waals surface area (Å²) in [7, 11) is 0. The Morgan fingerprint density at radius 3 is 2.06 bits per heavy atom. The predicted octanol–water partition coefficient (Wildman–Crippen LogP) is 5.40. The highest BCUT2D eigenvalue weighted by Gasteiger charge is 2.05. The summed E-state index contributed by atoms with van der Waals surface area (Å²) in [5.74, 6) is 0. The first-order chi connectivity index (χ1) is 8.16. The highest BCUT2D eigenvalue weighted by molar-refractivity contribution is 6.41. The van der Waals surface area contributed by atoms with Gasteiger partial charge in [-0.2, -0.15) is 0 Å². The maximum absolute atomic E-state index is 6.04. The van der Waals surface area contributed by atoms with Crippen LogP contribution in [0.4, 0.5) is 5.69 Å². The number of rotatable bonds is 2. The van der Waals surface area contributed by atoms with E-state index in [0.29, 0.717) is 20.6 Å². The molecular weight excluding hydrogens is 277 g/mol. The number of halogens is 3. The van der Waals surface area contributed by atoms with Gasteiger partial charge in [-0.15, -0.1) is 0 Å². The van der Waals surface area contributed by atoms with E-state index in [2.05, 4.69) is 4.99 Å². The van der Waals surface area contributed by atoms with Crippen LogP contribution in [0.1, 0.15) is 5.56 Å². The predicted molar refractivity (Wildman–Crippen MR) is 75.2 cm³/mol. The van der Waals surface area contributed by atoms with Crippen LogP contribution in [0.5, 0.6) is 0 Å². The topological polar surface area (TPSA) is 12.4 Å². The quantitative estimate of drug-likeness (QED) is 0.655. The van der Waals surface area contributed by atoms with E-state index >= 15 is 0 Å². The van der Waals surface area contributed by atoms with Crippen molar-refractivity contribution >= 4 is 46.7 Å². The minimum atomic E-state index is 0.488. The minimum Gasteiger partial charge on any atom is -0.256 e. The monoisotopic (exact) mass is 283 g/mol. The summed E-state index contributed by atoms with van der Waals surface area (Å²) in [4.78, 5) is 4.29. The lowest BCUT2D eigenvalue weighted by molar-refractivity contribution is 1.52. The van der Waals surface area contributed by atoms with Gasteiger partial charge >= 0.3 is 0 Å². The molecule has 1 nitrogen and oxygen atoms in total. The zero-order valence-electron chi connectivity index (χ0n) is 8.70. The summed E-state index contributed by atoms with van der Waals surface area (Å²) in [6, 6.07) is 12.8. The Kier molecular flexibility index (Phi) is 4.06. The third kappa shape index (κ3) is 3.22. The van der Waals surface area contributed by atoms with Crippen LogP contribution in [0.2, 0.25) is 15.1 Å². The fraction of sp³-hybridized carbons (Fsp3) is 0. The Morgan fingerprint density at radius 1 is 0.882 bits per heavy atom. The van der Waals surface area contributed by atoms with Crippen molar-refractivity contribution in [1.82, 2.24) is 0 Å². The van der Waals surface area contributed by atoms with Crippen LogP contribution in [0.3, 0.4) is 0 Å². The van der Waals surface area contributed by atoms with E-state index in [0.717, 1.165) is 5.69 Å². The van der Waals surface area contributed by atoms with Crippen LogP contribution in [-0.4, -0.2) is 6.21 Å². The van der Waals surface area contributed by atoms with Gasteiger partial charge in [0.05, 0.1) is 15.7 Å². The second-order valence-corrected chi connectivity index (χ2v) is 4.63. The molecule has 0 unspecified atom stereocenters. The van der Waals surface area contributed by atoms with Gasteiger partial charge in [-0.3, -0.25) is 4.99 Å². The molecule has 0 saturated carbocycles. The molecule has 0 aromatic heterocycles. The summed E-state index contributed by atoms with van der Waals surface area (Å²) in [5.41, 5.74) is 1.51. The second-order valence-electron chi connectivity index (χ2n) is 3.38. The van der Waals surface area contributed by atoms with Gasteiger partial charge in [0.25, 0.3) is 0 Å². The first kappa shape index (κ1) is 12.4. The molecule has 0 radical (unpaired) electrons. The zero-order chi connectivity index (χ0) is 12.3. The van der Waals surface area contributed by atoms with E-state index in [1.165, 1.54) is 0 Å². The van der Waals surface area contributed by atoms with Crippen molar-refractivity contribution in [3.05, 3.63) is 63.1 Å².